The predicted molar refractivity (Wildman–Crippen MR) is 99.3 cm³/mol. The summed E-state index contributed by atoms with van der Waals surface area (Å²) in [5.41, 5.74) is 0.580. The van der Waals surface area contributed by atoms with Crippen LogP contribution < -0.4 is 14.8 Å². The lowest BCUT2D eigenvalue weighted by atomic mass is 10.1. The maximum atomic E-state index is 12.2. The molecule has 1 aromatic carbocycles. The molecule has 2 N–H and O–H groups in total. The lowest BCUT2D eigenvalue weighted by Gasteiger charge is -2.19. The van der Waals surface area contributed by atoms with Gasteiger partial charge in [-0.2, -0.15) is 10.1 Å². The van der Waals surface area contributed by atoms with E-state index in [0.29, 0.717) is 23.0 Å². The van der Waals surface area contributed by atoms with Crippen LogP contribution in [0.3, 0.4) is 0 Å². The number of ether oxygens (including phenoxy) is 2. The van der Waals surface area contributed by atoms with E-state index in [4.69, 9.17) is 14.6 Å². The Balaban J connectivity index is 1.36. The molecule has 0 saturated heterocycles. The first-order chi connectivity index (χ1) is 13.1. The number of β-amino-alcohol motifs (C(OH)–C–C–N with tert-alkyl or cyclic N) is 1. The van der Waals surface area contributed by atoms with Gasteiger partial charge in [-0.15, -0.1) is 0 Å². The van der Waals surface area contributed by atoms with E-state index < -0.39 is 5.92 Å². The van der Waals surface area contributed by atoms with Gasteiger partial charge in [0, 0.05) is 18.0 Å². The number of rotatable bonds is 5. The molecule has 4 rings (SSSR count). The van der Waals surface area contributed by atoms with Crippen LogP contribution in [0.4, 0.5) is 5.69 Å². The Hall–Kier alpha value is -2.92. The van der Waals surface area contributed by atoms with Gasteiger partial charge in [-0.05, 0) is 12.1 Å². The molecule has 0 spiro atoms. The number of aliphatic imine (C=N–C) groups is 2. The van der Waals surface area contributed by atoms with Crippen molar-refractivity contribution >= 4 is 46.5 Å². The summed E-state index contributed by atoms with van der Waals surface area (Å²) in [5, 5.41) is 17.5. The third-order valence-electron chi connectivity index (χ3n) is 3.88. The molecule has 0 aromatic heterocycles. The highest BCUT2D eigenvalue weighted by molar-refractivity contribution is 8.14. The molecule has 0 aliphatic carbocycles. The number of nitrogens with zero attached hydrogens (tertiary/aromatic N) is 4. The molecule has 0 saturated carbocycles. The molecule has 11 heteroatoms. The van der Waals surface area contributed by atoms with E-state index in [9.17, 15) is 9.59 Å². The van der Waals surface area contributed by atoms with Crippen LogP contribution in [-0.2, 0) is 9.59 Å². The van der Waals surface area contributed by atoms with Crippen molar-refractivity contribution in [3.05, 3.63) is 18.2 Å². The fourth-order valence-electron chi connectivity index (χ4n) is 2.65. The maximum absolute atomic E-state index is 12.2. The number of aliphatic hydroxyl groups excluding tert-OH is 1. The van der Waals surface area contributed by atoms with Gasteiger partial charge in [0.15, 0.2) is 16.7 Å². The first-order valence-corrected chi connectivity index (χ1v) is 9.08. The van der Waals surface area contributed by atoms with E-state index in [1.165, 1.54) is 11.2 Å². The van der Waals surface area contributed by atoms with E-state index in [1.54, 1.807) is 18.2 Å². The molecule has 1 unspecified atom stereocenters. The summed E-state index contributed by atoms with van der Waals surface area (Å²) in [5.74, 6) is 0.377. The molecule has 1 atom stereocenters. The van der Waals surface area contributed by atoms with Crippen molar-refractivity contribution in [2.75, 3.05) is 31.0 Å². The topological polar surface area (TPSA) is 125 Å². The van der Waals surface area contributed by atoms with Crippen molar-refractivity contribution in [3.8, 4) is 11.5 Å². The molecule has 3 heterocycles. The van der Waals surface area contributed by atoms with Crippen molar-refractivity contribution in [1.29, 1.82) is 0 Å². The number of amides is 2. The van der Waals surface area contributed by atoms with E-state index in [2.05, 4.69) is 20.4 Å². The Labute approximate surface area is 157 Å². The van der Waals surface area contributed by atoms with Crippen molar-refractivity contribution < 1.29 is 24.2 Å². The van der Waals surface area contributed by atoms with Gasteiger partial charge in [-0.3, -0.25) is 9.59 Å². The number of benzene rings is 1. The normalized spacial score (nSPS) is 19.7. The van der Waals surface area contributed by atoms with Crippen LogP contribution in [0.2, 0.25) is 0 Å². The molecule has 1 aromatic rings. The third-order valence-corrected chi connectivity index (χ3v) is 4.73. The summed E-state index contributed by atoms with van der Waals surface area (Å²) in [6.07, 6.45) is 1.45. The Morgan fingerprint density at radius 1 is 1.33 bits per heavy atom. The predicted octanol–water partition coefficient (Wildman–Crippen LogP) is 0.292. The number of thioether (sulfide) groups is 1. The van der Waals surface area contributed by atoms with Gasteiger partial charge >= 0.3 is 0 Å². The zero-order valence-electron chi connectivity index (χ0n) is 14.0. The van der Waals surface area contributed by atoms with Gasteiger partial charge < -0.3 is 19.9 Å². The Bertz CT molecular complexity index is 884. The summed E-state index contributed by atoms with van der Waals surface area (Å²) in [6, 6.07) is 5.11. The van der Waals surface area contributed by atoms with Crippen LogP contribution in [0, 0.1) is 5.92 Å². The number of nitrogens with one attached hydrogen (secondary N) is 1. The van der Waals surface area contributed by atoms with Gasteiger partial charge in [-0.25, -0.2) is 10.0 Å². The molecule has 3 aliphatic rings. The number of carbonyl (C=O) groups is 2. The SMILES string of the molecule is O=C(CSC1=NC(=O)C2C=NN(CCO)C2=N1)Nc1ccc2c(c1)OCO2. The Morgan fingerprint density at radius 3 is 3.04 bits per heavy atom. The summed E-state index contributed by atoms with van der Waals surface area (Å²) in [4.78, 5) is 32.5. The molecule has 140 valence electrons. The van der Waals surface area contributed by atoms with Gasteiger partial charge in [0.2, 0.25) is 12.7 Å². The van der Waals surface area contributed by atoms with E-state index in [1.807, 2.05) is 0 Å². The van der Waals surface area contributed by atoms with Crippen molar-refractivity contribution in [3.63, 3.8) is 0 Å². The first kappa shape index (κ1) is 17.5. The Kier molecular flexibility index (Phi) is 4.77. The highest BCUT2D eigenvalue weighted by Crippen LogP contribution is 2.34. The second-order valence-corrected chi connectivity index (χ2v) is 6.64. The minimum atomic E-state index is -0.622. The monoisotopic (exact) mass is 389 g/mol. The summed E-state index contributed by atoms with van der Waals surface area (Å²) in [6.45, 7) is 0.283. The number of hydrogen-bond acceptors (Lipinski definition) is 9. The molecule has 0 fully saturated rings. The van der Waals surface area contributed by atoms with Crippen LogP contribution in [0.5, 0.6) is 11.5 Å². The Morgan fingerprint density at radius 2 is 2.19 bits per heavy atom. The number of anilines is 1. The number of fused-ring (bicyclic) bond motifs is 2. The van der Waals surface area contributed by atoms with Crippen LogP contribution >= 0.6 is 11.8 Å². The number of hydrogen-bond donors (Lipinski definition) is 2. The van der Waals surface area contributed by atoms with Crippen molar-refractivity contribution in [2.24, 2.45) is 21.0 Å². The van der Waals surface area contributed by atoms with E-state index >= 15 is 0 Å². The van der Waals surface area contributed by atoms with Crippen molar-refractivity contribution in [2.45, 2.75) is 0 Å². The minimum absolute atomic E-state index is 0.0306. The van der Waals surface area contributed by atoms with Crippen LogP contribution in [0.1, 0.15) is 0 Å². The molecule has 2 amide bonds. The van der Waals surface area contributed by atoms with Crippen molar-refractivity contribution in [1.82, 2.24) is 5.01 Å². The van der Waals surface area contributed by atoms with Crippen LogP contribution in [0.15, 0.2) is 33.3 Å². The molecule has 3 aliphatic heterocycles. The second-order valence-electron chi connectivity index (χ2n) is 5.70. The number of hydrazone groups is 1. The van der Waals surface area contributed by atoms with Crippen LogP contribution in [0.25, 0.3) is 0 Å². The first-order valence-electron chi connectivity index (χ1n) is 8.10. The van der Waals surface area contributed by atoms with E-state index in [0.717, 1.165) is 11.8 Å². The van der Waals surface area contributed by atoms with E-state index in [-0.39, 0.29) is 42.7 Å². The van der Waals surface area contributed by atoms with Crippen LogP contribution in [-0.4, -0.2) is 64.8 Å². The fourth-order valence-corrected chi connectivity index (χ4v) is 3.30. The average Bonchev–Trinajstić information content (AvgIpc) is 3.27. The largest absolute Gasteiger partial charge is 0.454 e. The number of aliphatic hydroxyl groups is 1. The maximum Gasteiger partial charge on any atom is 0.264 e. The van der Waals surface area contributed by atoms with Gasteiger partial charge in [0.25, 0.3) is 5.91 Å². The van der Waals surface area contributed by atoms with Gasteiger partial charge in [0.05, 0.1) is 18.9 Å². The molecular weight excluding hydrogens is 374 g/mol. The van der Waals surface area contributed by atoms with Gasteiger partial charge in [0.1, 0.15) is 11.8 Å². The standard InChI is InChI=1S/C16H15N5O5S/c22-4-3-21-14-10(6-17-21)15(24)20-16(19-14)27-7-13(23)18-9-1-2-11-12(5-9)26-8-25-11/h1-2,5-6,10,22H,3-4,7-8H2,(H,18,23). The lowest BCUT2D eigenvalue weighted by Crippen LogP contribution is -2.35. The quantitative estimate of drug-likeness (QED) is 0.741. The molecule has 0 bridgehead atoms. The average molecular weight is 389 g/mol. The van der Waals surface area contributed by atoms with Gasteiger partial charge in [-0.1, -0.05) is 11.8 Å². The molecule has 0 radical (unpaired) electrons. The summed E-state index contributed by atoms with van der Waals surface area (Å²) < 4.78 is 10.5. The fraction of sp³-hybridized carbons (Fsp3) is 0.312. The summed E-state index contributed by atoms with van der Waals surface area (Å²) in [7, 11) is 0. The zero-order valence-corrected chi connectivity index (χ0v) is 14.8. The lowest BCUT2D eigenvalue weighted by molar-refractivity contribution is -0.118. The highest BCUT2D eigenvalue weighted by Gasteiger charge is 2.35. The molecule has 27 heavy (non-hydrogen) atoms. The zero-order chi connectivity index (χ0) is 18.8. The third kappa shape index (κ3) is 3.64. The number of amidine groups is 2. The second kappa shape index (κ2) is 7.37. The number of carbonyl (C=O) groups excluding carboxylic acids is 2. The highest BCUT2D eigenvalue weighted by atomic mass is 32.2. The minimum Gasteiger partial charge on any atom is -0.454 e. The summed E-state index contributed by atoms with van der Waals surface area (Å²) >= 11 is 1.05. The smallest absolute Gasteiger partial charge is 0.264 e. The molecular formula is C16H15N5O5S. The molecule has 10 nitrogen and oxygen atoms in total.